The lowest BCUT2D eigenvalue weighted by Gasteiger charge is -2.16. The van der Waals surface area contributed by atoms with Gasteiger partial charge in [0.2, 0.25) is 0 Å². The van der Waals surface area contributed by atoms with Crippen LogP contribution in [0, 0.1) is 0 Å². The van der Waals surface area contributed by atoms with Gasteiger partial charge in [0, 0.05) is 25.0 Å². The minimum Gasteiger partial charge on any atom is -0.388 e. The van der Waals surface area contributed by atoms with Gasteiger partial charge in [-0.05, 0) is 12.8 Å². The average molecular weight is 154 g/mol. The van der Waals surface area contributed by atoms with Crippen LogP contribution in [0.3, 0.4) is 0 Å². The summed E-state index contributed by atoms with van der Waals surface area (Å²) in [6.07, 6.45) is 7.29. The zero-order chi connectivity index (χ0) is 7.94. The molecule has 0 fully saturated rings. The van der Waals surface area contributed by atoms with Crippen LogP contribution in [0.4, 0.5) is 0 Å². The van der Waals surface area contributed by atoms with Crippen molar-refractivity contribution in [2.45, 2.75) is 32.6 Å². The predicted octanol–water partition coefficient (Wildman–Crippen LogP) is 1.60. The predicted molar refractivity (Wildman–Crippen MR) is 48.2 cm³/mol. The summed E-state index contributed by atoms with van der Waals surface area (Å²) in [6.45, 7) is 4.39. The summed E-state index contributed by atoms with van der Waals surface area (Å²) in [5.74, 6) is 0. The molecule has 0 radical (unpaired) electrons. The quantitative estimate of drug-likeness (QED) is 0.601. The van der Waals surface area contributed by atoms with Crippen molar-refractivity contribution < 1.29 is 0 Å². The van der Waals surface area contributed by atoms with Crippen LogP contribution in [-0.2, 0) is 0 Å². The van der Waals surface area contributed by atoms with Crippen LogP contribution in [0.5, 0.6) is 0 Å². The maximum atomic E-state index is 3.38. The van der Waals surface area contributed by atoms with Gasteiger partial charge in [0.1, 0.15) is 0 Å². The molecule has 2 nitrogen and oxygen atoms in total. The van der Waals surface area contributed by atoms with E-state index in [1.54, 1.807) is 0 Å². The summed E-state index contributed by atoms with van der Waals surface area (Å²) in [5.41, 5.74) is 1.38. The van der Waals surface area contributed by atoms with E-state index in [0.29, 0.717) is 0 Å². The SMILES string of the molecule is CCCCCC1=CNCCN1. The van der Waals surface area contributed by atoms with Crippen molar-refractivity contribution in [3.05, 3.63) is 11.9 Å². The third kappa shape index (κ3) is 3.30. The van der Waals surface area contributed by atoms with E-state index in [1.165, 1.54) is 31.4 Å². The highest BCUT2D eigenvalue weighted by Crippen LogP contribution is 2.06. The van der Waals surface area contributed by atoms with Gasteiger partial charge in [0.25, 0.3) is 0 Å². The third-order valence-corrected chi connectivity index (χ3v) is 1.95. The Morgan fingerprint density at radius 2 is 2.27 bits per heavy atom. The highest BCUT2D eigenvalue weighted by Gasteiger charge is 1.99. The van der Waals surface area contributed by atoms with Crippen molar-refractivity contribution in [1.82, 2.24) is 10.6 Å². The Kier molecular flexibility index (Phi) is 3.87. The second-order valence-electron chi connectivity index (χ2n) is 3.01. The minimum atomic E-state index is 1.07. The smallest absolute Gasteiger partial charge is 0.0317 e. The number of nitrogens with one attached hydrogen (secondary N) is 2. The lowest BCUT2D eigenvalue weighted by atomic mass is 10.1. The Hall–Kier alpha value is -0.660. The van der Waals surface area contributed by atoms with E-state index in [-0.39, 0.29) is 0 Å². The molecule has 0 aromatic rings. The van der Waals surface area contributed by atoms with E-state index < -0.39 is 0 Å². The summed E-state index contributed by atoms with van der Waals surface area (Å²) < 4.78 is 0. The molecular formula is C9H18N2. The number of hydrogen-bond donors (Lipinski definition) is 2. The Labute approximate surface area is 69.1 Å². The van der Waals surface area contributed by atoms with Gasteiger partial charge in [-0.3, -0.25) is 0 Å². The summed E-state index contributed by atoms with van der Waals surface area (Å²) in [7, 11) is 0. The van der Waals surface area contributed by atoms with Crippen molar-refractivity contribution in [1.29, 1.82) is 0 Å². The van der Waals surface area contributed by atoms with E-state index >= 15 is 0 Å². The van der Waals surface area contributed by atoms with Gasteiger partial charge in [0.15, 0.2) is 0 Å². The molecule has 0 aromatic heterocycles. The Balaban J connectivity index is 2.09. The molecule has 1 aliphatic heterocycles. The Morgan fingerprint density at radius 3 is 2.91 bits per heavy atom. The molecule has 1 aliphatic rings. The molecule has 0 aliphatic carbocycles. The molecule has 0 spiro atoms. The van der Waals surface area contributed by atoms with Crippen molar-refractivity contribution in [3.8, 4) is 0 Å². The summed E-state index contributed by atoms with van der Waals surface area (Å²) >= 11 is 0. The average Bonchev–Trinajstić information content (AvgIpc) is 2.07. The molecular weight excluding hydrogens is 136 g/mol. The van der Waals surface area contributed by atoms with Crippen molar-refractivity contribution in [2.75, 3.05) is 13.1 Å². The molecule has 2 heteroatoms. The lowest BCUT2D eigenvalue weighted by molar-refractivity contribution is 0.620. The second kappa shape index (κ2) is 5.05. The second-order valence-corrected chi connectivity index (χ2v) is 3.01. The molecule has 1 rings (SSSR count). The highest BCUT2D eigenvalue weighted by atomic mass is 15.0. The van der Waals surface area contributed by atoms with Crippen LogP contribution in [0.15, 0.2) is 11.9 Å². The normalized spacial score (nSPS) is 16.6. The summed E-state index contributed by atoms with van der Waals surface area (Å²) in [5, 5.41) is 6.61. The number of unbranched alkanes of at least 4 members (excludes halogenated alkanes) is 2. The fourth-order valence-electron chi connectivity index (χ4n) is 1.27. The zero-order valence-electron chi connectivity index (χ0n) is 7.32. The summed E-state index contributed by atoms with van der Waals surface area (Å²) in [4.78, 5) is 0. The van der Waals surface area contributed by atoms with E-state index in [2.05, 4.69) is 23.8 Å². The first kappa shape index (κ1) is 8.44. The van der Waals surface area contributed by atoms with E-state index in [9.17, 15) is 0 Å². The van der Waals surface area contributed by atoms with E-state index in [1.807, 2.05) is 0 Å². The molecule has 1 heterocycles. The first-order valence-electron chi connectivity index (χ1n) is 4.60. The topological polar surface area (TPSA) is 24.1 Å². The monoisotopic (exact) mass is 154 g/mol. The molecule has 0 atom stereocenters. The highest BCUT2D eigenvalue weighted by molar-refractivity contribution is 5.01. The van der Waals surface area contributed by atoms with Gasteiger partial charge in [-0.2, -0.15) is 0 Å². The first-order valence-corrected chi connectivity index (χ1v) is 4.60. The van der Waals surface area contributed by atoms with Gasteiger partial charge in [0.05, 0.1) is 0 Å². The van der Waals surface area contributed by atoms with Crippen molar-refractivity contribution in [2.24, 2.45) is 0 Å². The van der Waals surface area contributed by atoms with Crippen LogP contribution in [-0.4, -0.2) is 13.1 Å². The van der Waals surface area contributed by atoms with E-state index in [0.717, 1.165) is 13.1 Å². The number of allylic oxidation sites excluding steroid dienone is 1. The minimum absolute atomic E-state index is 1.07. The first-order chi connectivity index (χ1) is 5.43. The number of rotatable bonds is 4. The zero-order valence-corrected chi connectivity index (χ0v) is 7.32. The van der Waals surface area contributed by atoms with Gasteiger partial charge in [-0.15, -0.1) is 0 Å². The van der Waals surface area contributed by atoms with Gasteiger partial charge >= 0.3 is 0 Å². The Morgan fingerprint density at radius 1 is 1.36 bits per heavy atom. The molecule has 0 bridgehead atoms. The van der Waals surface area contributed by atoms with Crippen LogP contribution in [0.1, 0.15) is 32.6 Å². The third-order valence-electron chi connectivity index (χ3n) is 1.95. The maximum absolute atomic E-state index is 3.38. The standard InChI is InChI=1S/C9H18N2/c1-2-3-4-5-9-8-10-6-7-11-9/h8,10-11H,2-7H2,1H3. The number of hydrogen-bond acceptors (Lipinski definition) is 2. The molecule has 0 aromatic carbocycles. The van der Waals surface area contributed by atoms with Gasteiger partial charge in [-0.25, -0.2) is 0 Å². The van der Waals surface area contributed by atoms with Crippen LogP contribution in [0.2, 0.25) is 0 Å². The fourth-order valence-corrected chi connectivity index (χ4v) is 1.27. The molecule has 0 unspecified atom stereocenters. The van der Waals surface area contributed by atoms with Gasteiger partial charge in [-0.1, -0.05) is 19.8 Å². The molecule has 64 valence electrons. The lowest BCUT2D eigenvalue weighted by Crippen LogP contribution is -2.30. The van der Waals surface area contributed by atoms with E-state index in [4.69, 9.17) is 0 Å². The maximum Gasteiger partial charge on any atom is 0.0317 e. The fraction of sp³-hybridized carbons (Fsp3) is 0.778. The molecule has 0 saturated heterocycles. The van der Waals surface area contributed by atoms with Gasteiger partial charge < -0.3 is 10.6 Å². The van der Waals surface area contributed by atoms with Crippen LogP contribution in [0.25, 0.3) is 0 Å². The molecule has 0 amide bonds. The molecule has 11 heavy (non-hydrogen) atoms. The Bertz CT molecular complexity index is 130. The molecule has 2 N–H and O–H groups in total. The van der Waals surface area contributed by atoms with Crippen molar-refractivity contribution in [3.63, 3.8) is 0 Å². The van der Waals surface area contributed by atoms with Crippen molar-refractivity contribution >= 4 is 0 Å². The largest absolute Gasteiger partial charge is 0.388 e. The van der Waals surface area contributed by atoms with Crippen LogP contribution >= 0.6 is 0 Å². The molecule has 0 saturated carbocycles. The van der Waals surface area contributed by atoms with Crippen LogP contribution < -0.4 is 10.6 Å². The summed E-state index contributed by atoms with van der Waals surface area (Å²) in [6, 6.07) is 0.